The molecule has 0 heterocycles. The van der Waals surface area contributed by atoms with Gasteiger partial charge in [-0.25, -0.2) is 0 Å². The lowest BCUT2D eigenvalue weighted by atomic mass is 9.85. The summed E-state index contributed by atoms with van der Waals surface area (Å²) in [4.78, 5) is 12.2. The van der Waals surface area contributed by atoms with Gasteiger partial charge >= 0.3 is 0 Å². The van der Waals surface area contributed by atoms with Crippen LogP contribution in [0.25, 0.3) is 0 Å². The summed E-state index contributed by atoms with van der Waals surface area (Å²) < 4.78 is 5.08. The van der Waals surface area contributed by atoms with Crippen LogP contribution in [-0.4, -0.2) is 24.2 Å². The largest absolute Gasteiger partial charge is 0.504 e. The Morgan fingerprint density at radius 3 is 2.75 bits per heavy atom. The fraction of sp³-hybridized carbons (Fsp3) is 0.550. The summed E-state index contributed by atoms with van der Waals surface area (Å²) >= 11 is 0. The Kier molecular flexibility index (Phi) is 7.16. The summed E-state index contributed by atoms with van der Waals surface area (Å²) in [6.07, 6.45) is 11.7. The van der Waals surface area contributed by atoms with Gasteiger partial charge in [-0.3, -0.25) is 4.79 Å². The van der Waals surface area contributed by atoms with E-state index in [1.807, 2.05) is 0 Å². The molecule has 4 heteroatoms. The number of benzene rings is 1. The van der Waals surface area contributed by atoms with Crippen LogP contribution >= 0.6 is 0 Å². The van der Waals surface area contributed by atoms with E-state index in [1.165, 1.54) is 13.5 Å². The van der Waals surface area contributed by atoms with Crippen LogP contribution < -0.4 is 10.1 Å². The highest BCUT2D eigenvalue weighted by Gasteiger charge is 2.21. The third-order valence-electron chi connectivity index (χ3n) is 4.61. The zero-order valence-corrected chi connectivity index (χ0v) is 14.8. The van der Waals surface area contributed by atoms with Crippen LogP contribution in [0.2, 0.25) is 0 Å². The highest BCUT2D eigenvalue weighted by molar-refractivity contribution is 5.79. The minimum atomic E-state index is 0.0349. The molecule has 2 N–H and O–H groups in total. The maximum absolute atomic E-state index is 12.2. The van der Waals surface area contributed by atoms with Crippen molar-refractivity contribution in [3.63, 3.8) is 0 Å². The standard InChI is InChI=1S/C20H29NO3/c1-3-4-5-6-15-7-10-17(11-8-15)21-20(23)14-16-9-12-18(22)19(13-16)24-2/h5-6,9,12-13,15,17,22H,3-4,7-8,10-11,14H2,1-2H3,(H,21,23)/b6-5-. The predicted octanol–water partition coefficient (Wildman–Crippen LogP) is 3.97. The van der Waals surface area contributed by atoms with Crippen LogP contribution in [0.3, 0.4) is 0 Å². The molecule has 24 heavy (non-hydrogen) atoms. The molecule has 0 radical (unpaired) electrons. The topological polar surface area (TPSA) is 58.6 Å². The van der Waals surface area contributed by atoms with Gasteiger partial charge in [0.2, 0.25) is 5.91 Å². The van der Waals surface area contributed by atoms with Gasteiger partial charge in [0.15, 0.2) is 11.5 Å². The molecule has 0 aliphatic heterocycles. The highest BCUT2D eigenvalue weighted by Crippen LogP contribution is 2.27. The molecular formula is C20H29NO3. The number of hydrogen-bond donors (Lipinski definition) is 2. The number of carbonyl (C=O) groups is 1. The Balaban J connectivity index is 1.77. The number of rotatable bonds is 7. The number of unbranched alkanes of at least 4 members (excludes halogenated alkanes) is 1. The Bertz CT molecular complexity index is 560. The molecule has 0 saturated heterocycles. The van der Waals surface area contributed by atoms with Gasteiger partial charge in [0.05, 0.1) is 13.5 Å². The molecule has 2 rings (SSSR count). The first-order valence-electron chi connectivity index (χ1n) is 8.94. The molecule has 0 spiro atoms. The lowest BCUT2D eigenvalue weighted by Gasteiger charge is -2.27. The first-order chi connectivity index (χ1) is 11.6. The molecule has 0 bridgehead atoms. The first-order valence-corrected chi connectivity index (χ1v) is 8.94. The molecule has 0 unspecified atom stereocenters. The van der Waals surface area contributed by atoms with E-state index < -0.39 is 0 Å². The minimum absolute atomic E-state index is 0.0349. The van der Waals surface area contributed by atoms with E-state index >= 15 is 0 Å². The maximum atomic E-state index is 12.2. The number of amides is 1. The zero-order chi connectivity index (χ0) is 17.4. The van der Waals surface area contributed by atoms with E-state index in [9.17, 15) is 9.90 Å². The molecule has 0 atom stereocenters. The number of methoxy groups -OCH3 is 1. The number of phenolic OH excluding ortho intramolecular Hbond substituents is 1. The van der Waals surface area contributed by atoms with E-state index in [0.29, 0.717) is 18.1 Å². The number of phenols is 1. The lowest BCUT2D eigenvalue weighted by molar-refractivity contribution is -0.121. The Hall–Kier alpha value is -1.97. The molecule has 1 amide bonds. The number of nitrogens with one attached hydrogen (secondary N) is 1. The highest BCUT2D eigenvalue weighted by atomic mass is 16.5. The van der Waals surface area contributed by atoms with Gasteiger partial charge in [-0.15, -0.1) is 0 Å². The Labute approximate surface area is 144 Å². The van der Waals surface area contributed by atoms with Crippen molar-refractivity contribution in [1.82, 2.24) is 5.32 Å². The van der Waals surface area contributed by atoms with E-state index in [2.05, 4.69) is 24.4 Å². The SMILES string of the molecule is CCC/C=C\C1CCC(NC(=O)Cc2ccc(O)c(OC)c2)CC1. The van der Waals surface area contributed by atoms with Gasteiger partial charge in [0, 0.05) is 6.04 Å². The molecule has 132 valence electrons. The van der Waals surface area contributed by atoms with Crippen LogP contribution in [0.15, 0.2) is 30.4 Å². The van der Waals surface area contributed by atoms with Gasteiger partial charge in [-0.2, -0.15) is 0 Å². The van der Waals surface area contributed by atoms with Crippen molar-refractivity contribution in [2.45, 2.75) is 57.9 Å². The van der Waals surface area contributed by atoms with Crippen LogP contribution in [0.1, 0.15) is 51.0 Å². The molecule has 1 aromatic rings. The van der Waals surface area contributed by atoms with Crippen LogP contribution in [0.5, 0.6) is 11.5 Å². The van der Waals surface area contributed by atoms with Crippen LogP contribution in [-0.2, 0) is 11.2 Å². The van der Waals surface area contributed by atoms with Crippen molar-refractivity contribution < 1.29 is 14.6 Å². The third-order valence-corrected chi connectivity index (χ3v) is 4.61. The van der Waals surface area contributed by atoms with Gasteiger partial charge < -0.3 is 15.2 Å². The summed E-state index contributed by atoms with van der Waals surface area (Å²) in [6.45, 7) is 2.19. The smallest absolute Gasteiger partial charge is 0.224 e. The van der Waals surface area contributed by atoms with Crippen molar-refractivity contribution >= 4 is 5.91 Å². The zero-order valence-electron chi connectivity index (χ0n) is 14.8. The predicted molar refractivity (Wildman–Crippen MR) is 96.3 cm³/mol. The summed E-state index contributed by atoms with van der Waals surface area (Å²) in [6, 6.07) is 5.32. The fourth-order valence-corrected chi connectivity index (χ4v) is 3.21. The molecule has 1 aromatic carbocycles. The monoisotopic (exact) mass is 331 g/mol. The van der Waals surface area contributed by atoms with E-state index in [4.69, 9.17) is 4.74 Å². The molecular weight excluding hydrogens is 302 g/mol. The Morgan fingerprint density at radius 1 is 1.33 bits per heavy atom. The summed E-state index contributed by atoms with van der Waals surface area (Å²) in [7, 11) is 1.51. The number of carbonyl (C=O) groups excluding carboxylic acids is 1. The summed E-state index contributed by atoms with van der Waals surface area (Å²) in [5.41, 5.74) is 0.846. The molecule has 4 nitrogen and oxygen atoms in total. The molecule has 0 aromatic heterocycles. The van der Waals surface area contributed by atoms with Gasteiger partial charge in [-0.1, -0.05) is 31.6 Å². The van der Waals surface area contributed by atoms with Crippen molar-refractivity contribution in [3.8, 4) is 11.5 Å². The van der Waals surface area contributed by atoms with E-state index in [1.54, 1.807) is 18.2 Å². The lowest BCUT2D eigenvalue weighted by Crippen LogP contribution is -2.38. The number of aromatic hydroxyl groups is 1. The van der Waals surface area contributed by atoms with E-state index in [0.717, 1.165) is 37.7 Å². The van der Waals surface area contributed by atoms with Crippen molar-refractivity contribution in [2.75, 3.05) is 7.11 Å². The normalized spacial score (nSPS) is 20.9. The molecule has 1 aliphatic rings. The maximum Gasteiger partial charge on any atom is 0.224 e. The van der Waals surface area contributed by atoms with Gasteiger partial charge in [-0.05, 0) is 55.7 Å². The average Bonchev–Trinajstić information content (AvgIpc) is 2.58. The molecule has 1 saturated carbocycles. The number of allylic oxidation sites excluding steroid dienone is 2. The molecule has 1 fully saturated rings. The first kappa shape index (κ1) is 18.4. The van der Waals surface area contributed by atoms with E-state index in [-0.39, 0.29) is 17.7 Å². The second kappa shape index (κ2) is 9.36. The van der Waals surface area contributed by atoms with Crippen molar-refractivity contribution in [1.29, 1.82) is 0 Å². The van der Waals surface area contributed by atoms with Crippen LogP contribution in [0, 0.1) is 5.92 Å². The van der Waals surface area contributed by atoms with Gasteiger partial charge in [0.25, 0.3) is 0 Å². The second-order valence-electron chi connectivity index (χ2n) is 6.58. The van der Waals surface area contributed by atoms with Crippen molar-refractivity contribution in [2.24, 2.45) is 5.92 Å². The van der Waals surface area contributed by atoms with Crippen molar-refractivity contribution in [3.05, 3.63) is 35.9 Å². The fourth-order valence-electron chi connectivity index (χ4n) is 3.21. The third kappa shape index (κ3) is 5.59. The van der Waals surface area contributed by atoms with Crippen LogP contribution in [0.4, 0.5) is 0 Å². The molecule has 1 aliphatic carbocycles. The average molecular weight is 331 g/mol. The summed E-state index contributed by atoms with van der Waals surface area (Å²) in [5.74, 6) is 1.20. The minimum Gasteiger partial charge on any atom is -0.504 e. The Morgan fingerprint density at radius 2 is 2.08 bits per heavy atom. The second-order valence-corrected chi connectivity index (χ2v) is 6.58. The summed E-state index contributed by atoms with van der Waals surface area (Å²) in [5, 5.41) is 12.7. The van der Waals surface area contributed by atoms with Gasteiger partial charge in [0.1, 0.15) is 0 Å². The quantitative estimate of drug-likeness (QED) is 0.743. The number of hydrogen-bond acceptors (Lipinski definition) is 3. The number of ether oxygens (including phenoxy) is 1.